The maximum atomic E-state index is 12.4. The highest BCUT2D eigenvalue weighted by atomic mass is 32.2. The molecular weight excluding hydrogens is 278 g/mol. The number of aliphatic hydroxyl groups is 1. The van der Waals surface area contributed by atoms with E-state index in [0.29, 0.717) is 23.4 Å². The molecule has 0 fully saturated rings. The lowest BCUT2D eigenvalue weighted by molar-refractivity contribution is 0.280. The van der Waals surface area contributed by atoms with E-state index < -0.39 is 10.0 Å². The van der Waals surface area contributed by atoms with Gasteiger partial charge in [-0.15, -0.1) is 0 Å². The average molecular weight is 295 g/mol. The molecule has 0 bridgehead atoms. The quantitative estimate of drug-likeness (QED) is 0.875. The van der Waals surface area contributed by atoms with Gasteiger partial charge in [0.1, 0.15) is 0 Å². The number of anilines is 1. The number of aromatic nitrogens is 2. The number of nitrogens with one attached hydrogen (secondary N) is 1. The van der Waals surface area contributed by atoms with Crippen LogP contribution in [0.2, 0.25) is 0 Å². The van der Waals surface area contributed by atoms with Crippen LogP contribution >= 0.6 is 0 Å². The first-order chi connectivity index (χ1) is 9.47. The molecule has 1 heterocycles. The summed E-state index contributed by atoms with van der Waals surface area (Å²) in [5.41, 5.74) is 1.56. The van der Waals surface area contributed by atoms with Crippen molar-refractivity contribution in [3.05, 3.63) is 41.7 Å². The zero-order valence-corrected chi connectivity index (χ0v) is 12.2. The Labute approximate surface area is 118 Å². The lowest BCUT2D eigenvalue weighted by atomic mass is 10.1. The molecule has 0 unspecified atom stereocenters. The molecule has 0 spiro atoms. The molecule has 0 amide bonds. The summed E-state index contributed by atoms with van der Waals surface area (Å²) in [6.45, 7) is 4.07. The van der Waals surface area contributed by atoms with Crippen molar-refractivity contribution in [1.29, 1.82) is 0 Å². The summed E-state index contributed by atoms with van der Waals surface area (Å²) in [6, 6.07) is 4.83. The van der Waals surface area contributed by atoms with Gasteiger partial charge >= 0.3 is 0 Å². The van der Waals surface area contributed by atoms with Gasteiger partial charge in [-0.25, -0.2) is 8.42 Å². The van der Waals surface area contributed by atoms with E-state index in [1.807, 2.05) is 6.92 Å². The number of aryl methyl sites for hydroxylation is 1. The maximum absolute atomic E-state index is 12.4. The van der Waals surface area contributed by atoms with Gasteiger partial charge in [-0.3, -0.25) is 9.40 Å². The lowest BCUT2D eigenvalue weighted by Crippen LogP contribution is -2.14. The fourth-order valence-electron chi connectivity index (χ4n) is 1.92. The topological polar surface area (TPSA) is 84.2 Å². The summed E-state index contributed by atoms with van der Waals surface area (Å²) in [5, 5.41) is 13.2. The van der Waals surface area contributed by atoms with Crippen LogP contribution in [-0.2, 0) is 23.2 Å². The van der Waals surface area contributed by atoms with Crippen LogP contribution in [-0.4, -0.2) is 23.3 Å². The molecule has 0 radical (unpaired) electrons. The summed E-state index contributed by atoms with van der Waals surface area (Å²) < 4.78 is 28.8. The van der Waals surface area contributed by atoms with Gasteiger partial charge in [-0.05, 0) is 31.0 Å². The molecule has 2 N–H and O–H groups in total. The molecule has 0 aliphatic carbocycles. The highest BCUT2D eigenvalue weighted by Gasteiger charge is 2.18. The van der Waals surface area contributed by atoms with Crippen molar-refractivity contribution in [2.24, 2.45) is 0 Å². The van der Waals surface area contributed by atoms with Gasteiger partial charge in [0.2, 0.25) is 0 Å². The van der Waals surface area contributed by atoms with E-state index in [2.05, 4.69) is 9.82 Å². The standard InChI is InChI=1S/C13H17N3O3S/c1-3-16-8-12(7-14-16)15-20(18,19)13-6-4-5-11(9-17)10(13)2/h4-8,15,17H,3,9H2,1-2H3. The molecule has 0 atom stereocenters. The molecular formula is C13H17N3O3S. The third-order valence-corrected chi connectivity index (χ3v) is 4.59. The molecule has 0 aliphatic rings. The predicted molar refractivity (Wildman–Crippen MR) is 75.8 cm³/mol. The van der Waals surface area contributed by atoms with Gasteiger partial charge in [-0.1, -0.05) is 12.1 Å². The van der Waals surface area contributed by atoms with Crippen LogP contribution in [0.15, 0.2) is 35.5 Å². The van der Waals surface area contributed by atoms with E-state index in [4.69, 9.17) is 0 Å². The first-order valence-electron chi connectivity index (χ1n) is 6.22. The fraction of sp³-hybridized carbons (Fsp3) is 0.308. The second-order valence-corrected chi connectivity index (χ2v) is 6.04. The first kappa shape index (κ1) is 14.5. The van der Waals surface area contributed by atoms with Crippen molar-refractivity contribution in [3.63, 3.8) is 0 Å². The van der Waals surface area contributed by atoms with Gasteiger partial charge in [0, 0.05) is 12.7 Å². The Morgan fingerprint density at radius 3 is 2.75 bits per heavy atom. The van der Waals surface area contributed by atoms with Crippen LogP contribution in [0, 0.1) is 6.92 Å². The van der Waals surface area contributed by atoms with E-state index in [9.17, 15) is 13.5 Å². The number of sulfonamides is 1. The largest absolute Gasteiger partial charge is 0.392 e. The molecule has 7 heteroatoms. The van der Waals surface area contributed by atoms with Crippen LogP contribution in [0.5, 0.6) is 0 Å². The fourth-order valence-corrected chi connectivity index (χ4v) is 3.24. The minimum Gasteiger partial charge on any atom is -0.392 e. The van der Waals surface area contributed by atoms with Crippen molar-refractivity contribution in [1.82, 2.24) is 9.78 Å². The Morgan fingerprint density at radius 1 is 1.40 bits per heavy atom. The Bertz CT molecular complexity index is 707. The van der Waals surface area contributed by atoms with Crippen LogP contribution in [0.3, 0.4) is 0 Å². The van der Waals surface area contributed by atoms with Gasteiger partial charge in [-0.2, -0.15) is 5.10 Å². The van der Waals surface area contributed by atoms with E-state index in [1.165, 1.54) is 12.3 Å². The molecule has 1 aromatic carbocycles. The summed E-state index contributed by atoms with van der Waals surface area (Å²) in [5.74, 6) is 0. The minimum atomic E-state index is -3.69. The van der Waals surface area contributed by atoms with Gasteiger partial charge in [0.05, 0.1) is 23.4 Å². The van der Waals surface area contributed by atoms with Crippen molar-refractivity contribution in [3.8, 4) is 0 Å². The predicted octanol–water partition coefficient (Wildman–Crippen LogP) is 1.50. The van der Waals surface area contributed by atoms with Crippen LogP contribution in [0.4, 0.5) is 5.69 Å². The molecule has 108 valence electrons. The summed E-state index contributed by atoms with van der Waals surface area (Å²) >= 11 is 0. The van der Waals surface area contributed by atoms with E-state index in [-0.39, 0.29) is 11.5 Å². The van der Waals surface area contributed by atoms with Crippen molar-refractivity contribution >= 4 is 15.7 Å². The molecule has 20 heavy (non-hydrogen) atoms. The van der Waals surface area contributed by atoms with Crippen LogP contribution in [0.25, 0.3) is 0 Å². The SMILES string of the molecule is CCn1cc(NS(=O)(=O)c2cccc(CO)c2C)cn1. The van der Waals surface area contributed by atoms with Gasteiger partial charge in [0.25, 0.3) is 10.0 Å². The normalized spacial score (nSPS) is 11.6. The number of benzene rings is 1. The number of nitrogens with zero attached hydrogens (tertiary/aromatic N) is 2. The van der Waals surface area contributed by atoms with Crippen molar-refractivity contribution in [2.75, 3.05) is 4.72 Å². The third kappa shape index (κ3) is 2.83. The number of hydrogen-bond acceptors (Lipinski definition) is 4. The van der Waals surface area contributed by atoms with Crippen molar-refractivity contribution < 1.29 is 13.5 Å². The first-order valence-corrected chi connectivity index (χ1v) is 7.71. The molecule has 1 aromatic heterocycles. The van der Waals surface area contributed by atoms with Gasteiger partial charge in [0.15, 0.2) is 0 Å². The smallest absolute Gasteiger partial charge is 0.262 e. The molecule has 0 saturated carbocycles. The van der Waals surface area contributed by atoms with E-state index in [1.54, 1.807) is 29.9 Å². The van der Waals surface area contributed by atoms with Gasteiger partial charge < -0.3 is 5.11 Å². The van der Waals surface area contributed by atoms with E-state index in [0.717, 1.165) is 0 Å². The maximum Gasteiger partial charge on any atom is 0.262 e. The zero-order valence-electron chi connectivity index (χ0n) is 11.4. The molecule has 0 aliphatic heterocycles. The van der Waals surface area contributed by atoms with E-state index >= 15 is 0 Å². The summed E-state index contributed by atoms with van der Waals surface area (Å²) in [6.07, 6.45) is 3.09. The Kier molecular flexibility index (Phi) is 4.10. The van der Waals surface area contributed by atoms with Crippen LogP contribution in [0.1, 0.15) is 18.1 Å². The molecule has 2 rings (SSSR count). The summed E-state index contributed by atoms with van der Waals surface area (Å²) in [4.78, 5) is 0.160. The number of aliphatic hydroxyl groups excluding tert-OH is 1. The zero-order chi connectivity index (χ0) is 14.8. The Balaban J connectivity index is 2.35. The lowest BCUT2D eigenvalue weighted by Gasteiger charge is -2.11. The molecule has 0 saturated heterocycles. The Hall–Kier alpha value is -1.86. The highest BCUT2D eigenvalue weighted by Crippen LogP contribution is 2.21. The van der Waals surface area contributed by atoms with Crippen molar-refractivity contribution in [2.45, 2.75) is 31.9 Å². The second-order valence-electron chi connectivity index (χ2n) is 4.39. The monoisotopic (exact) mass is 295 g/mol. The minimum absolute atomic E-state index is 0.160. The Morgan fingerprint density at radius 2 is 2.15 bits per heavy atom. The highest BCUT2D eigenvalue weighted by molar-refractivity contribution is 7.92. The summed E-state index contributed by atoms with van der Waals surface area (Å²) in [7, 11) is -3.69. The molecule has 6 nitrogen and oxygen atoms in total. The molecule has 2 aromatic rings. The average Bonchev–Trinajstić information content (AvgIpc) is 2.85. The number of hydrogen-bond donors (Lipinski definition) is 2. The third-order valence-electron chi connectivity index (χ3n) is 3.07. The second kappa shape index (κ2) is 5.64. The number of rotatable bonds is 5. The van der Waals surface area contributed by atoms with Crippen LogP contribution < -0.4 is 4.72 Å².